The molecule has 0 aromatic rings. The molecule has 0 aliphatic heterocycles. The molecule has 0 spiro atoms. The van der Waals surface area contributed by atoms with Gasteiger partial charge in [0.15, 0.2) is 0 Å². The summed E-state index contributed by atoms with van der Waals surface area (Å²) >= 11 is 5.62. The largest absolute Gasteiger partial charge is 0.354 e. The normalized spacial score (nSPS) is 11.8. The molecule has 1 amide bonds. The molecular formula is C8H13NOS2. The van der Waals surface area contributed by atoms with E-state index in [-0.39, 0.29) is 11.2 Å². The van der Waals surface area contributed by atoms with Gasteiger partial charge in [-0.2, -0.15) is 12.6 Å². The van der Waals surface area contributed by atoms with Crippen LogP contribution in [0.2, 0.25) is 0 Å². The summed E-state index contributed by atoms with van der Waals surface area (Å²) in [5, 5.41) is 2.50. The van der Waals surface area contributed by atoms with Crippen molar-refractivity contribution in [3.05, 3.63) is 0 Å². The van der Waals surface area contributed by atoms with Crippen LogP contribution in [-0.4, -0.2) is 29.2 Å². The van der Waals surface area contributed by atoms with E-state index in [1.54, 1.807) is 18.7 Å². The number of thiol groups is 1. The topological polar surface area (TPSA) is 29.1 Å². The van der Waals surface area contributed by atoms with Crippen molar-refractivity contribution >= 4 is 30.3 Å². The van der Waals surface area contributed by atoms with Crippen LogP contribution in [0.25, 0.3) is 0 Å². The summed E-state index contributed by atoms with van der Waals surface area (Å²) in [4.78, 5) is 10.9. The first-order valence-corrected chi connectivity index (χ1v) is 5.32. The van der Waals surface area contributed by atoms with Gasteiger partial charge < -0.3 is 5.32 Å². The third-order valence-corrected chi connectivity index (χ3v) is 2.21. The number of carbonyl (C=O) groups is 1. The number of thioether (sulfide) groups is 1. The number of hydrogen-bond donors (Lipinski definition) is 2. The fourth-order valence-corrected chi connectivity index (χ4v) is 1.13. The Morgan fingerprint density at radius 2 is 2.50 bits per heavy atom. The fourth-order valence-electron chi connectivity index (χ4n) is 0.525. The highest BCUT2D eigenvalue weighted by Crippen LogP contribution is 1.96. The van der Waals surface area contributed by atoms with Crippen LogP contribution < -0.4 is 5.32 Å². The van der Waals surface area contributed by atoms with Crippen molar-refractivity contribution in [2.75, 3.05) is 18.1 Å². The standard InChI is InChI=1S/C8H13NOS2/c1-3-5-12-6-4-9-8(10)7(2)11/h1,7,11H,4-6H2,2H3,(H,9,10). The zero-order valence-electron chi connectivity index (χ0n) is 7.04. The SMILES string of the molecule is C#CCSCCNC(=O)C(C)S. The summed E-state index contributed by atoms with van der Waals surface area (Å²) < 4.78 is 0. The minimum absolute atomic E-state index is 0.0281. The van der Waals surface area contributed by atoms with Crippen LogP contribution in [0.15, 0.2) is 0 Å². The smallest absolute Gasteiger partial charge is 0.232 e. The van der Waals surface area contributed by atoms with Crippen molar-refractivity contribution in [1.29, 1.82) is 0 Å². The highest BCUT2D eigenvalue weighted by atomic mass is 32.2. The van der Waals surface area contributed by atoms with Gasteiger partial charge in [-0.1, -0.05) is 5.92 Å². The number of amides is 1. The predicted molar refractivity (Wildman–Crippen MR) is 57.6 cm³/mol. The third-order valence-electron chi connectivity index (χ3n) is 1.11. The molecular weight excluding hydrogens is 190 g/mol. The van der Waals surface area contributed by atoms with Crippen molar-refractivity contribution in [3.8, 4) is 12.3 Å². The molecule has 0 aliphatic rings. The molecule has 1 N–H and O–H groups in total. The van der Waals surface area contributed by atoms with Gasteiger partial charge in [0.2, 0.25) is 5.91 Å². The van der Waals surface area contributed by atoms with E-state index in [4.69, 9.17) is 6.42 Å². The van der Waals surface area contributed by atoms with Crippen molar-refractivity contribution < 1.29 is 4.79 Å². The quantitative estimate of drug-likeness (QED) is 0.393. The molecule has 0 fully saturated rings. The second-order valence-electron chi connectivity index (χ2n) is 2.22. The Morgan fingerprint density at radius 3 is 3.00 bits per heavy atom. The van der Waals surface area contributed by atoms with Gasteiger partial charge in [0.25, 0.3) is 0 Å². The lowest BCUT2D eigenvalue weighted by Gasteiger charge is -2.05. The van der Waals surface area contributed by atoms with Gasteiger partial charge in [-0.05, 0) is 6.92 Å². The van der Waals surface area contributed by atoms with E-state index in [2.05, 4.69) is 23.9 Å². The van der Waals surface area contributed by atoms with Gasteiger partial charge in [0.05, 0.1) is 11.0 Å². The molecule has 4 heteroatoms. The number of terminal acetylenes is 1. The maximum absolute atomic E-state index is 10.9. The molecule has 12 heavy (non-hydrogen) atoms. The van der Waals surface area contributed by atoms with Crippen molar-refractivity contribution in [2.24, 2.45) is 0 Å². The molecule has 0 radical (unpaired) electrons. The summed E-state index contributed by atoms with van der Waals surface area (Å²) in [5.74, 6) is 4.04. The Bertz CT molecular complexity index is 174. The summed E-state index contributed by atoms with van der Waals surface area (Å²) in [5.41, 5.74) is 0. The second kappa shape index (κ2) is 7.38. The lowest BCUT2D eigenvalue weighted by Crippen LogP contribution is -2.31. The van der Waals surface area contributed by atoms with Crippen molar-refractivity contribution in [3.63, 3.8) is 0 Å². The number of rotatable bonds is 5. The highest BCUT2D eigenvalue weighted by molar-refractivity contribution is 7.99. The van der Waals surface area contributed by atoms with Crippen LogP contribution in [0.3, 0.4) is 0 Å². The molecule has 1 unspecified atom stereocenters. The minimum Gasteiger partial charge on any atom is -0.354 e. The van der Waals surface area contributed by atoms with Gasteiger partial charge in [0, 0.05) is 12.3 Å². The Hall–Kier alpha value is -0.270. The highest BCUT2D eigenvalue weighted by Gasteiger charge is 2.04. The average Bonchev–Trinajstić information content (AvgIpc) is 2.03. The molecule has 0 aliphatic carbocycles. The third kappa shape index (κ3) is 6.44. The van der Waals surface area contributed by atoms with E-state index in [0.717, 1.165) is 5.75 Å². The average molecular weight is 203 g/mol. The summed E-state index contributed by atoms with van der Waals surface area (Å²) in [6, 6.07) is 0. The summed E-state index contributed by atoms with van der Waals surface area (Å²) in [6.07, 6.45) is 5.05. The van der Waals surface area contributed by atoms with Crippen molar-refractivity contribution in [2.45, 2.75) is 12.2 Å². The first-order valence-electron chi connectivity index (χ1n) is 3.65. The molecule has 0 bridgehead atoms. The second-order valence-corrected chi connectivity index (χ2v) is 4.10. The monoisotopic (exact) mass is 203 g/mol. The molecule has 0 heterocycles. The number of nitrogens with one attached hydrogen (secondary N) is 1. The fraction of sp³-hybridized carbons (Fsp3) is 0.625. The van der Waals surface area contributed by atoms with E-state index in [9.17, 15) is 4.79 Å². The Morgan fingerprint density at radius 1 is 1.83 bits per heavy atom. The van der Waals surface area contributed by atoms with Gasteiger partial charge in [-0.25, -0.2) is 0 Å². The minimum atomic E-state index is -0.234. The summed E-state index contributed by atoms with van der Waals surface area (Å²) in [7, 11) is 0. The van der Waals surface area contributed by atoms with E-state index < -0.39 is 0 Å². The van der Waals surface area contributed by atoms with Crippen molar-refractivity contribution in [1.82, 2.24) is 5.32 Å². The maximum Gasteiger partial charge on any atom is 0.232 e. The summed E-state index contributed by atoms with van der Waals surface area (Å²) in [6.45, 7) is 2.41. The Kier molecular flexibility index (Phi) is 7.22. The van der Waals surface area contributed by atoms with Gasteiger partial charge in [0.1, 0.15) is 0 Å². The van der Waals surface area contributed by atoms with Crippen LogP contribution in [0, 0.1) is 12.3 Å². The lowest BCUT2D eigenvalue weighted by atomic mass is 10.4. The van der Waals surface area contributed by atoms with E-state index in [1.165, 1.54) is 0 Å². The number of carbonyl (C=O) groups excluding carboxylic acids is 1. The van der Waals surface area contributed by atoms with Crippen LogP contribution >= 0.6 is 24.4 Å². The molecule has 0 aromatic heterocycles. The van der Waals surface area contributed by atoms with Crippen LogP contribution in [-0.2, 0) is 4.79 Å². The first-order chi connectivity index (χ1) is 5.68. The molecule has 0 aromatic carbocycles. The first kappa shape index (κ1) is 11.7. The van der Waals surface area contributed by atoms with E-state index >= 15 is 0 Å². The van der Waals surface area contributed by atoms with Gasteiger partial charge >= 0.3 is 0 Å². The molecule has 0 rings (SSSR count). The zero-order valence-corrected chi connectivity index (χ0v) is 8.75. The lowest BCUT2D eigenvalue weighted by molar-refractivity contribution is -0.120. The molecule has 2 nitrogen and oxygen atoms in total. The Labute approximate surface area is 83.3 Å². The van der Waals surface area contributed by atoms with E-state index in [0.29, 0.717) is 12.3 Å². The van der Waals surface area contributed by atoms with Crippen LogP contribution in [0.1, 0.15) is 6.92 Å². The molecule has 1 atom stereocenters. The number of hydrogen-bond acceptors (Lipinski definition) is 3. The van der Waals surface area contributed by atoms with Gasteiger partial charge in [-0.15, -0.1) is 18.2 Å². The van der Waals surface area contributed by atoms with Crippen LogP contribution in [0.5, 0.6) is 0 Å². The molecule has 68 valence electrons. The molecule has 0 saturated heterocycles. The zero-order chi connectivity index (χ0) is 9.40. The maximum atomic E-state index is 10.9. The van der Waals surface area contributed by atoms with Gasteiger partial charge in [-0.3, -0.25) is 4.79 Å². The van der Waals surface area contributed by atoms with Crippen LogP contribution in [0.4, 0.5) is 0 Å². The predicted octanol–water partition coefficient (Wildman–Crippen LogP) is 0.787. The van der Waals surface area contributed by atoms with E-state index in [1.807, 2.05) is 0 Å². The molecule has 0 saturated carbocycles. The Balaban J connectivity index is 3.21.